The molecule has 116 valence electrons. The molecule has 0 radical (unpaired) electrons. The van der Waals surface area contributed by atoms with Crippen LogP contribution in [0.4, 0.5) is 5.69 Å². The Morgan fingerprint density at radius 2 is 1.82 bits per heavy atom. The van der Waals surface area contributed by atoms with Gasteiger partial charge in [-0.05, 0) is 30.0 Å². The fraction of sp³-hybridized carbons (Fsp3) is 0.316. The molecule has 0 saturated heterocycles. The van der Waals surface area contributed by atoms with E-state index < -0.39 is 0 Å². The topological polar surface area (TPSA) is 32.3 Å². The number of nitrogens with zero attached hydrogens (tertiary/aromatic N) is 1. The third-order valence-electron chi connectivity index (χ3n) is 3.84. The molecule has 2 aromatic carbocycles. The van der Waals surface area contributed by atoms with Gasteiger partial charge in [0.1, 0.15) is 0 Å². The van der Waals surface area contributed by atoms with Crippen molar-refractivity contribution >= 4 is 11.6 Å². The summed E-state index contributed by atoms with van der Waals surface area (Å²) in [6.45, 7) is 5.15. The van der Waals surface area contributed by atoms with E-state index in [0.717, 1.165) is 17.7 Å². The molecule has 22 heavy (non-hydrogen) atoms. The summed E-state index contributed by atoms with van der Waals surface area (Å²) in [6.07, 6.45) is 0.956. The van der Waals surface area contributed by atoms with Crippen molar-refractivity contribution in [3.63, 3.8) is 0 Å². The quantitative estimate of drug-likeness (QED) is 0.883. The van der Waals surface area contributed by atoms with Gasteiger partial charge in [0.15, 0.2) is 0 Å². The normalized spacial score (nSPS) is 10.3. The van der Waals surface area contributed by atoms with Gasteiger partial charge in [-0.2, -0.15) is 0 Å². The highest BCUT2D eigenvalue weighted by atomic mass is 16.2. The first kappa shape index (κ1) is 16.1. The lowest BCUT2D eigenvalue weighted by molar-refractivity contribution is -0.128. The maximum absolute atomic E-state index is 12.3. The molecule has 0 heterocycles. The average molecular weight is 296 g/mol. The third kappa shape index (κ3) is 4.10. The van der Waals surface area contributed by atoms with Gasteiger partial charge < -0.3 is 10.2 Å². The predicted molar refractivity (Wildman–Crippen MR) is 92.0 cm³/mol. The summed E-state index contributed by atoms with van der Waals surface area (Å²) in [5, 5.41) is 3.31. The number of likely N-dealkylation sites (N-methyl/N-ethyl adjacent to an activating group) is 1. The number of carbonyl (C=O) groups excluding carboxylic acids is 1. The minimum Gasteiger partial charge on any atom is -0.376 e. The fourth-order valence-electron chi connectivity index (χ4n) is 2.52. The molecule has 2 rings (SSSR count). The van der Waals surface area contributed by atoms with Gasteiger partial charge in [0.25, 0.3) is 0 Å². The lowest BCUT2D eigenvalue weighted by Crippen LogP contribution is -2.32. The van der Waals surface area contributed by atoms with E-state index in [-0.39, 0.29) is 5.91 Å². The number of anilines is 1. The molecular weight excluding hydrogens is 272 g/mol. The SMILES string of the molecule is CCc1cccc(C)c1NCC(=O)N(C)Cc1ccccc1. The van der Waals surface area contributed by atoms with E-state index in [1.165, 1.54) is 11.1 Å². The molecule has 0 bridgehead atoms. The number of benzene rings is 2. The van der Waals surface area contributed by atoms with Crippen molar-refractivity contribution in [2.24, 2.45) is 0 Å². The van der Waals surface area contributed by atoms with Crippen LogP contribution in [0.1, 0.15) is 23.6 Å². The van der Waals surface area contributed by atoms with Crippen molar-refractivity contribution in [3.8, 4) is 0 Å². The van der Waals surface area contributed by atoms with Crippen molar-refractivity contribution in [1.29, 1.82) is 0 Å². The molecule has 3 heteroatoms. The average Bonchev–Trinajstić information content (AvgIpc) is 2.54. The summed E-state index contributed by atoms with van der Waals surface area (Å²) in [7, 11) is 1.84. The second-order valence-corrected chi connectivity index (χ2v) is 5.55. The maximum Gasteiger partial charge on any atom is 0.241 e. The Morgan fingerprint density at radius 1 is 1.09 bits per heavy atom. The maximum atomic E-state index is 12.3. The highest BCUT2D eigenvalue weighted by Gasteiger charge is 2.11. The summed E-state index contributed by atoms with van der Waals surface area (Å²) < 4.78 is 0. The smallest absolute Gasteiger partial charge is 0.241 e. The molecule has 1 amide bonds. The van der Waals surface area contributed by atoms with Crippen molar-refractivity contribution < 1.29 is 4.79 Å². The second kappa shape index (κ2) is 7.64. The largest absolute Gasteiger partial charge is 0.376 e. The molecule has 2 aromatic rings. The van der Waals surface area contributed by atoms with E-state index in [1.807, 2.05) is 37.4 Å². The van der Waals surface area contributed by atoms with Crippen LogP contribution in [0.5, 0.6) is 0 Å². The highest BCUT2D eigenvalue weighted by Crippen LogP contribution is 2.20. The first-order valence-corrected chi connectivity index (χ1v) is 7.72. The zero-order chi connectivity index (χ0) is 15.9. The number of para-hydroxylation sites is 1. The van der Waals surface area contributed by atoms with Crippen LogP contribution in [0.15, 0.2) is 48.5 Å². The Hall–Kier alpha value is -2.29. The summed E-state index contributed by atoms with van der Waals surface area (Å²) in [6, 6.07) is 16.3. The van der Waals surface area contributed by atoms with Crippen LogP contribution >= 0.6 is 0 Å². The number of hydrogen-bond donors (Lipinski definition) is 1. The molecule has 0 aliphatic rings. The molecule has 0 aromatic heterocycles. The highest BCUT2D eigenvalue weighted by molar-refractivity contribution is 5.81. The van der Waals surface area contributed by atoms with Crippen molar-refractivity contribution in [2.45, 2.75) is 26.8 Å². The molecule has 1 N–H and O–H groups in total. The van der Waals surface area contributed by atoms with Gasteiger partial charge in [0.2, 0.25) is 5.91 Å². The van der Waals surface area contributed by atoms with E-state index in [0.29, 0.717) is 13.1 Å². The first-order valence-electron chi connectivity index (χ1n) is 7.72. The van der Waals surface area contributed by atoms with Gasteiger partial charge in [-0.3, -0.25) is 4.79 Å². The fourth-order valence-corrected chi connectivity index (χ4v) is 2.52. The van der Waals surface area contributed by atoms with Crippen LogP contribution in [0.25, 0.3) is 0 Å². The summed E-state index contributed by atoms with van der Waals surface area (Å²) in [4.78, 5) is 14.1. The van der Waals surface area contributed by atoms with E-state index >= 15 is 0 Å². The molecule has 0 spiro atoms. The van der Waals surface area contributed by atoms with Crippen LogP contribution in [0.2, 0.25) is 0 Å². The lowest BCUT2D eigenvalue weighted by Gasteiger charge is -2.19. The standard InChI is InChI=1S/C19H24N2O/c1-4-17-12-8-9-15(2)19(17)20-13-18(22)21(3)14-16-10-6-5-7-11-16/h5-12,20H,4,13-14H2,1-3H3. The van der Waals surface area contributed by atoms with Crippen LogP contribution in [-0.2, 0) is 17.8 Å². The van der Waals surface area contributed by atoms with E-state index in [1.54, 1.807) is 4.90 Å². The minimum absolute atomic E-state index is 0.0918. The van der Waals surface area contributed by atoms with Crippen LogP contribution < -0.4 is 5.32 Å². The van der Waals surface area contributed by atoms with Crippen molar-refractivity contribution in [1.82, 2.24) is 4.90 Å². The number of nitrogens with one attached hydrogen (secondary N) is 1. The Balaban J connectivity index is 1.95. The van der Waals surface area contributed by atoms with Gasteiger partial charge in [-0.25, -0.2) is 0 Å². The molecule has 0 aliphatic heterocycles. The molecule has 0 saturated carbocycles. The number of carbonyl (C=O) groups is 1. The van der Waals surface area contributed by atoms with Gasteiger partial charge in [0.05, 0.1) is 6.54 Å². The van der Waals surface area contributed by atoms with Gasteiger partial charge in [0, 0.05) is 19.3 Å². The Labute approximate surface area is 133 Å². The van der Waals surface area contributed by atoms with Crippen LogP contribution in [0, 0.1) is 6.92 Å². The Bertz CT molecular complexity index is 623. The lowest BCUT2D eigenvalue weighted by atomic mass is 10.1. The van der Waals surface area contributed by atoms with E-state index in [9.17, 15) is 4.79 Å². The van der Waals surface area contributed by atoms with Gasteiger partial charge in [-0.15, -0.1) is 0 Å². The van der Waals surface area contributed by atoms with Gasteiger partial charge >= 0.3 is 0 Å². The van der Waals surface area contributed by atoms with Crippen LogP contribution in [0.3, 0.4) is 0 Å². The molecule has 0 aliphatic carbocycles. The molecule has 0 atom stereocenters. The first-order chi connectivity index (χ1) is 10.6. The minimum atomic E-state index is 0.0918. The zero-order valence-corrected chi connectivity index (χ0v) is 13.6. The molecule has 0 unspecified atom stereocenters. The molecule has 0 fully saturated rings. The van der Waals surface area contributed by atoms with Crippen molar-refractivity contribution in [2.75, 3.05) is 18.9 Å². The third-order valence-corrected chi connectivity index (χ3v) is 3.84. The summed E-state index contributed by atoms with van der Waals surface area (Å²) in [5.74, 6) is 0.0918. The van der Waals surface area contributed by atoms with Crippen molar-refractivity contribution in [3.05, 3.63) is 65.2 Å². The Morgan fingerprint density at radius 3 is 2.50 bits per heavy atom. The Kier molecular flexibility index (Phi) is 5.59. The summed E-state index contributed by atoms with van der Waals surface area (Å²) >= 11 is 0. The number of amides is 1. The van der Waals surface area contributed by atoms with E-state index in [4.69, 9.17) is 0 Å². The molecule has 3 nitrogen and oxygen atoms in total. The van der Waals surface area contributed by atoms with Gasteiger partial charge in [-0.1, -0.05) is 55.5 Å². The monoisotopic (exact) mass is 296 g/mol. The number of rotatable bonds is 6. The predicted octanol–water partition coefficient (Wildman–Crippen LogP) is 3.63. The number of aryl methyl sites for hydroxylation is 2. The summed E-state index contributed by atoms with van der Waals surface area (Å²) in [5.41, 5.74) is 4.66. The zero-order valence-electron chi connectivity index (χ0n) is 13.6. The molecular formula is C19H24N2O. The number of hydrogen-bond acceptors (Lipinski definition) is 2. The second-order valence-electron chi connectivity index (χ2n) is 5.55. The van der Waals surface area contributed by atoms with E-state index in [2.05, 4.69) is 37.4 Å². The van der Waals surface area contributed by atoms with Crippen LogP contribution in [-0.4, -0.2) is 24.4 Å².